The van der Waals surface area contributed by atoms with Crippen LogP contribution >= 0.6 is 0 Å². The molecule has 0 aliphatic rings. The van der Waals surface area contributed by atoms with E-state index in [9.17, 15) is 0 Å². The predicted octanol–water partition coefficient (Wildman–Crippen LogP) is 3.39. The Morgan fingerprint density at radius 3 is 1.69 bits per heavy atom. The van der Waals surface area contributed by atoms with E-state index in [0.29, 0.717) is 19.8 Å². The van der Waals surface area contributed by atoms with Crippen molar-refractivity contribution < 1.29 is 13.3 Å². The molecule has 0 unspecified atom stereocenters. The van der Waals surface area contributed by atoms with Crippen molar-refractivity contribution in [2.24, 2.45) is 0 Å². The van der Waals surface area contributed by atoms with Crippen molar-refractivity contribution in [2.45, 2.75) is 46.6 Å². The maximum absolute atomic E-state index is 5.73. The van der Waals surface area contributed by atoms with Crippen molar-refractivity contribution in [3.8, 4) is 0 Å². The molecule has 0 aliphatic carbocycles. The van der Waals surface area contributed by atoms with Crippen LogP contribution in [0.15, 0.2) is 12.2 Å². The van der Waals surface area contributed by atoms with Gasteiger partial charge in [0.05, 0.1) is 0 Å². The maximum Gasteiger partial charge on any atom is 0.504 e. The zero-order chi connectivity index (χ0) is 12.3. The van der Waals surface area contributed by atoms with E-state index in [1.54, 1.807) is 0 Å². The molecule has 0 rings (SSSR count). The van der Waals surface area contributed by atoms with Gasteiger partial charge in [-0.1, -0.05) is 25.5 Å². The summed E-state index contributed by atoms with van der Waals surface area (Å²) in [5, 5.41) is 0. The smallest absolute Gasteiger partial charge is 0.374 e. The Hall–Kier alpha value is -0.163. The van der Waals surface area contributed by atoms with Crippen LogP contribution in [0.3, 0.4) is 0 Å². The van der Waals surface area contributed by atoms with Gasteiger partial charge < -0.3 is 13.3 Å². The monoisotopic (exact) mass is 246 g/mol. The van der Waals surface area contributed by atoms with Gasteiger partial charge in [-0.05, 0) is 27.2 Å². The van der Waals surface area contributed by atoms with E-state index in [-0.39, 0.29) is 0 Å². The fourth-order valence-corrected chi connectivity index (χ4v) is 3.85. The molecule has 0 spiro atoms. The van der Waals surface area contributed by atoms with Crippen LogP contribution < -0.4 is 0 Å². The summed E-state index contributed by atoms with van der Waals surface area (Å²) < 4.78 is 17.2. The van der Waals surface area contributed by atoms with Crippen LogP contribution in [0.4, 0.5) is 0 Å². The number of unbranched alkanes of at least 4 members (excludes halogenated alkanes) is 1. The Morgan fingerprint density at radius 1 is 0.812 bits per heavy atom. The van der Waals surface area contributed by atoms with Crippen LogP contribution in [0, 0.1) is 0 Å². The standard InChI is InChI=1S/C12H26O3Si/c1-5-9-10-11-12-16(13-6-2,14-7-3)15-8-4/h10-11H,5-9,12H2,1-4H3/b11-10+. The first-order chi connectivity index (χ1) is 7.74. The van der Waals surface area contributed by atoms with Crippen LogP contribution in [-0.2, 0) is 13.3 Å². The summed E-state index contributed by atoms with van der Waals surface area (Å²) in [6.07, 6.45) is 6.59. The summed E-state index contributed by atoms with van der Waals surface area (Å²) in [6, 6.07) is 0.780. The highest BCUT2D eigenvalue weighted by Crippen LogP contribution is 2.16. The van der Waals surface area contributed by atoms with Crippen molar-refractivity contribution in [1.29, 1.82) is 0 Å². The molecule has 0 amide bonds. The normalized spacial score (nSPS) is 12.5. The lowest BCUT2D eigenvalue weighted by Crippen LogP contribution is -2.45. The van der Waals surface area contributed by atoms with E-state index in [4.69, 9.17) is 13.3 Å². The number of allylic oxidation sites excluding steroid dienone is 2. The van der Waals surface area contributed by atoms with Crippen LogP contribution in [0.1, 0.15) is 40.5 Å². The Morgan fingerprint density at radius 2 is 1.31 bits per heavy atom. The first-order valence-corrected chi connectivity index (χ1v) is 8.24. The fraction of sp³-hybridized carbons (Fsp3) is 0.833. The topological polar surface area (TPSA) is 27.7 Å². The Balaban J connectivity index is 4.33. The molecule has 3 nitrogen and oxygen atoms in total. The molecule has 0 saturated heterocycles. The quantitative estimate of drug-likeness (QED) is 0.437. The first kappa shape index (κ1) is 15.8. The molecule has 96 valence electrons. The molecule has 0 saturated carbocycles. The first-order valence-electron chi connectivity index (χ1n) is 6.31. The maximum atomic E-state index is 5.73. The van der Waals surface area contributed by atoms with Crippen LogP contribution in [0.25, 0.3) is 0 Å². The number of rotatable bonds is 10. The number of hydrogen-bond donors (Lipinski definition) is 0. The molecule has 4 heteroatoms. The second-order valence-corrected chi connectivity index (χ2v) is 6.09. The van der Waals surface area contributed by atoms with Crippen molar-refractivity contribution in [2.75, 3.05) is 19.8 Å². The molecule has 0 atom stereocenters. The van der Waals surface area contributed by atoms with Gasteiger partial charge in [-0.2, -0.15) is 0 Å². The summed E-state index contributed by atoms with van der Waals surface area (Å²) >= 11 is 0. The lowest BCUT2D eigenvalue weighted by molar-refractivity contribution is 0.0742. The lowest BCUT2D eigenvalue weighted by atomic mass is 10.3. The van der Waals surface area contributed by atoms with Crippen LogP contribution in [0.2, 0.25) is 6.04 Å². The van der Waals surface area contributed by atoms with Gasteiger partial charge in [-0.25, -0.2) is 0 Å². The minimum Gasteiger partial charge on any atom is -0.374 e. The van der Waals surface area contributed by atoms with E-state index in [1.165, 1.54) is 6.42 Å². The van der Waals surface area contributed by atoms with Crippen molar-refractivity contribution >= 4 is 8.80 Å². The molecule has 0 heterocycles. The molecule has 0 N–H and O–H groups in total. The summed E-state index contributed by atoms with van der Waals surface area (Å²) in [4.78, 5) is 0. The summed E-state index contributed by atoms with van der Waals surface area (Å²) in [6.45, 7) is 10.1. The number of hydrogen-bond acceptors (Lipinski definition) is 3. The Labute approximate surface area is 101 Å². The summed E-state index contributed by atoms with van der Waals surface area (Å²) in [5.74, 6) is 0. The second kappa shape index (κ2) is 10.0. The van der Waals surface area contributed by atoms with E-state index < -0.39 is 8.80 Å². The zero-order valence-corrected chi connectivity index (χ0v) is 12.1. The fourth-order valence-electron chi connectivity index (χ4n) is 1.47. The molecule has 0 radical (unpaired) electrons. The highest BCUT2D eigenvalue weighted by molar-refractivity contribution is 6.61. The van der Waals surface area contributed by atoms with E-state index in [0.717, 1.165) is 12.5 Å². The SMILES string of the molecule is CCC/C=C/C[Si](OCC)(OCC)OCC. The minimum absolute atomic E-state index is 0.647. The van der Waals surface area contributed by atoms with Crippen molar-refractivity contribution in [3.05, 3.63) is 12.2 Å². The largest absolute Gasteiger partial charge is 0.504 e. The van der Waals surface area contributed by atoms with Gasteiger partial charge in [-0.3, -0.25) is 0 Å². The lowest BCUT2D eigenvalue weighted by Gasteiger charge is -2.27. The van der Waals surface area contributed by atoms with E-state index >= 15 is 0 Å². The zero-order valence-electron chi connectivity index (χ0n) is 11.1. The van der Waals surface area contributed by atoms with Gasteiger partial charge >= 0.3 is 8.80 Å². The molecular weight excluding hydrogens is 220 g/mol. The summed E-state index contributed by atoms with van der Waals surface area (Å²) in [5.41, 5.74) is 0. The molecule has 0 aromatic carbocycles. The average Bonchev–Trinajstić information content (AvgIpc) is 2.26. The highest BCUT2D eigenvalue weighted by atomic mass is 28.4. The van der Waals surface area contributed by atoms with Crippen LogP contribution in [-0.4, -0.2) is 28.6 Å². The van der Waals surface area contributed by atoms with Crippen molar-refractivity contribution in [1.82, 2.24) is 0 Å². The second-order valence-electron chi connectivity index (χ2n) is 3.45. The van der Waals surface area contributed by atoms with E-state index in [2.05, 4.69) is 19.1 Å². The average molecular weight is 246 g/mol. The molecule has 0 aliphatic heterocycles. The molecule has 0 bridgehead atoms. The minimum atomic E-state index is -2.43. The van der Waals surface area contributed by atoms with Crippen molar-refractivity contribution in [3.63, 3.8) is 0 Å². The van der Waals surface area contributed by atoms with Gasteiger partial charge in [0.1, 0.15) is 0 Å². The molecule has 0 aromatic heterocycles. The Bertz CT molecular complexity index is 166. The van der Waals surface area contributed by atoms with Gasteiger partial charge in [0.25, 0.3) is 0 Å². The summed E-state index contributed by atoms with van der Waals surface area (Å²) in [7, 11) is -2.43. The predicted molar refractivity (Wildman–Crippen MR) is 69.5 cm³/mol. The van der Waals surface area contributed by atoms with Gasteiger partial charge in [0.2, 0.25) is 0 Å². The van der Waals surface area contributed by atoms with E-state index in [1.807, 2.05) is 20.8 Å². The highest BCUT2D eigenvalue weighted by Gasteiger charge is 2.38. The third kappa shape index (κ3) is 6.43. The van der Waals surface area contributed by atoms with Gasteiger partial charge in [0.15, 0.2) is 0 Å². The van der Waals surface area contributed by atoms with Gasteiger partial charge in [0, 0.05) is 25.9 Å². The van der Waals surface area contributed by atoms with Crippen LogP contribution in [0.5, 0.6) is 0 Å². The third-order valence-electron chi connectivity index (χ3n) is 2.08. The molecule has 16 heavy (non-hydrogen) atoms. The third-order valence-corrected chi connectivity index (χ3v) is 5.00. The Kier molecular flexibility index (Phi) is 9.92. The molecular formula is C12H26O3Si. The molecule has 0 aromatic rings. The molecule has 0 fully saturated rings. The van der Waals surface area contributed by atoms with Gasteiger partial charge in [-0.15, -0.1) is 0 Å².